The molecule has 0 bridgehead atoms. The van der Waals surface area contributed by atoms with Gasteiger partial charge in [-0.05, 0) is 49.9 Å². The molecule has 0 aromatic rings. The summed E-state index contributed by atoms with van der Waals surface area (Å²) in [5.41, 5.74) is 1.56. The summed E-state index contributed by atoms with van der Waals surface area (Å²) in [5, 5.41) is 0. The minimum absolute atomic E-state index is 0.906. The monoisotopic (exact) mass is 150 g/mol. The average Bonchev–Trinajstić information content (AvgIpc) is 2.34. The average molecular weight is 150 g/mol. The third-order valence-electron chi connectivity index (χ3n) is 3.66. The second-order valence-corrected chi connectivity index (χ2v) is 4.39. The highest BCUT2D eigenvalue weighted by molar-refractivity contribution is 5.10. The van der Waals surface area contributed by atoms with Crippen molar-refractivity contribution in [2.75, 3.05) is 0 Å². The molecule has 2 saturated carbocycles. The van der Waals surface area contributed by atoms with Crippen LogP contribution in [0.25, 0.3) is 0 Å². The lowest BCUT2D eigenvalue weighted by Crippen LogP contribution is -2.19. The largest absolute Gasteiger partial charge is 0.0996 e. The summed E-state index contributed by atoms with van der Waals surface area (Å²) in [7, 11) is 0. The molecule has 11 heavy (non-hydrogen) atoms. The standard InChI is InChI=1S/C11H18/c1-8-4-3-5-10-7-6-9(2)11(8)10/h9-11H,1,3-7H2,2H3. The molecule has 2 aliphatic rings. The van der Waals surface area contributed by atoms with E-state index in [4.69, 9.17) is 0 Å². The summed E-state index contributed by atoms with van der Waals surface area (Å²) in [6.45, 7) is 6.61. The van der Waals surface area contributed by atoms with E-state index in [0.29, 0.717) is 0 Å². The molecular formula is C11H18. The normalized spacial score (nSPS) is 44.1. The SMILES string of the molecule is C=C1CCCC2CCC(C)C12. The Kier molecular flexibility index (Phi) is 1.78. The van der Waals surface area contributed by atoms with Gasteiger partial charge in [0.2, 0.25) is 0 Å². The van der Waals surface area contributed by atoms with Crippen molar-refractivity contribution in [3.8, 4) is 0 Å². The van der Waals surface area contributed by atoms with E-state index in [2.05, 4.69) is 13.5 Å². The zero-order valence-electron chi connectivity index (χ0n) is 7.47. The molecule has 62 valence electrons. The summed E-state index contributed by atoms with van der Waals surface area (Å²) in [6.07, 6.45) is 7.13. The van der Waals surface area contributed by atoms with Crippen LogP contribution in [0.15, 0.2) is 12.2 Å². The summed E-state index contributed by atoms with van der Waals surface area (Å²) in [4.78, 5) is 0. The molecule has 0 heterocycles. The van der Waals surface area contributed by atoms with Crippen LogP contribution >= 0.6 is 0 Å². The van der Waals surface area contributed by atoms with E-state index in [-0.39, 0.29) is 0 Å². The topological polar surface area (TPSA) is 0 Å². The molecular weight excluding hydrogens is 132 g/mol. The van der Waals surface area contributed by atoms with Crippen LogP contribution in [-0.4, -0.2) is 0 Å². The van der Waals surface area contributed by atoms with Gasteiger partial charge < -0.3 is 0 Å². The maximum atomic E-state index is 4.21. The third-order valence-corrected chi connectivity index (χ3v) is 3.66. The lowest BCUT2D eigenvalue weighted by molar-refractivity contribution is 0.310. The summed E-state index contributed by atoms with van der Waals surface area (Å²) in [5.74, 6) is 2.86. The molecule has 0 aliphatic heterocycles. The first kappa shape index (κ1) is 7.39. The van der Waals surface area contributed by atoms with Crippen LogP contribution in [0.3, 0.4) is 0 Å². The smallest absolute Gasteiger partial charge is 0.0152 e. The van der Waals surface area contributed by atoms with E-state index in [1.54, 1.807) is 5.57 Å². The van der Waals surface area contributed by atoms with Crippen LogP contribution in [0.5, 0.6) is 0 Å². The van der Waals surface area contributed by atoms with Crippen LogP contribution in [0.4, 0.5) is 0 Å². The molecule has 0 radical (unpaired) electrons. The molecule has 0 nitrogen and oxygen atoms in total. The predicted molar refractivity (Wildman–Crippen MR) is 48.4 cm³/mol. The fourth-order valence-electron chi connectivity index (χ4n) is 3.12. The molecule has 0 N–H and O–H groups in total. The van der Waals surface area contributed by atoms with Crippen molar-refractivity contribution in [2.45, 2.75) is 39.0 Å². The van der Waals surface area contributed by atoms with Crippen molar-refractivity contribution in [1.82, 2.24) is 0 Å². The number of rotatable bonds is 0. The Hall–Kier alpha value is -0.260. The molecule has 0 aromatic heterocycles. The minimum atomic E-state index is 0.906. The number of hydrogen-bond donors (Lipinski definition) is 0. The van der Waals surface area contributed by atoms with Gasteiger partial charge in [0.05, 0.1) is 0 Å². The molecule has 0 spiro atoms. The zero-order chi connectivity index (χ0) is 7.84. The van der Waals surface area contributed by atoms with Gasteiger partial charge in [0.25, 0.3) is 0 Å². The first-order chi connectivity index (χ1) is 5.29. The van der Waals surface area contributed by atoms with E-state index >= 15 is 0 Å². The maximum Gasteiger partial charge on any atom is -0.0152 e. The quantitative estimate of drug-likeness (QED) is 0.464. The summed E-state index contributed by atoms with van der Waals surface area (Å²) < 4.78 is 0. The lowest BCUT2D eigenvalue weighted by atomic mass is 9.76. The second-order valence-electron chi connectivity index (χ2n) is 4.39. The maximum absolute atomic E-state index is 4.21. The Labute approximate surface area is 69.7 Å². The number of fused-ring (bicyclic) bond motifs is 1. The Morgan fingerprint density at radius 3 is 2.82 bits per heavy atom. The van der Waals surface area contributed by atoms with E-state index < -0.39 is 0 Å². The highest BCUT2D eigenvalue weighted by Crippen LogP contribution is 2.47. The van der Waals surface area contributed by atoms with Crippen LogP contribution in [0.1, 0.15) is 39.0 Å². The van der Waals surface area contributed by atoms with Crippen LogP contribution in [0, 0.1) is 17.8 Å². The fourth-order valence-corrected chi connectivity index (χ4v) is 3.12. The van der Waals surface area contributed by atoms with Gasteiger partial charge in [-0.1, -0.05) is 19.1 Å². The van der Waals surface area contributed by atoms with Gasteiger partial charge in [0.15, 0.2) is 0 Å². The molecule has 0 aromatic carbocycles. The number of hydrogen-bond acceptors (Lipinski definition) is 0. The Balaban J connectivity index is 2.14. The van der Waals surface area contributed by atoms with Gasteiger partial charge in [-0.15, -0.1) is 0 Å². The Morgan fingerprint density at radius 1 is 1.27 bits per heavy atom. The van der Waals surface area contributed by atoms with Crippen LogP contribution in [-0.2, 0) is 0 Å². The van der Waals surface area contributed by atoms with E-state index in [0.717, 1.165) is 17.8 Å². The molecule has 3 atom stereocenters. The second kappa shape index (κ2) is 2.66. The van der Waals surface area contributed by atoms with E-state index in [1.807, 2.05) is 0 Å². The molecule has 0 amide bonds. The molecule has 2 fully saturated rings. The Morgan fingerprint density at radius 2 is 2.09 bits per heavy atom. The zero-order valence-corrected chi connectivity index (χ0v) is 7.47. The van der Waals surface area contributed by atoms with Crippen LogP contribution < -0.4 is 0 Å². The van der Waals surface area contributed by atoms with Gasteiger partial charge in [-0.3, -0.25) is 0 Å². The molecule has 2 rings (SSSR count). The van der Waals surface area contributed by atoms with Crippen molar-refractivity contribution in [2.24, 2.45) is 17.8 Å². The molecule has 0 saturated heterocycles. The van der Waals surface area contributed by atoms with Crippen molar-refractivity contribution < 1.29 is 0 Å². The molecule has 0 heteroatoms. The first-order valence-electron chi connectivity index (χ1n) is 4.96. The van der Waals surface area contributed by atoms with E-state index in [9.17, 15) is 0 Å². The highest BCUT2D eigenvalue weighted by Gasteiger charge is 2.36. The highest BCUT2D eigenvalue weighted by atomic mass is 14.4. The van der Waals surface area contributed by atoms with Crippen molar-refractivity contribution in [3.05, 3.63) is 12.2 Å². The lowest BCUT2D eigenvalue weighted by Gasteiger charge is -2.30. The minimum Gasteiger partial charge on any atom is -0.0996 e. The van der Waals surface area contributed by atoms with Crippen molar-refractivity contribution >= 4 is 0 Å². The molecule has 3 unspecified atom stereocenters. The summed E-state index contributed by atoms with van der Waals surface area (Å²) in [6, 6.07) is 0. The van der Waals surface area contributed by atoms with E-state index in [1.165, 1.54) is 32.1 Å². The fraction of sp³-hybridized carbons (Fsp3) is 0.818. The Bertz CT molecular complexity index is 167. The van der Waals surface area contributed by atoms with Crippen molar-refractivity contribution in [1.29, 1.82) is 0 Å². The van der Waals surface area contributed by atoms with Gasteiger partial charge in [0, 0.05) is 0 Å². The van der Waals surface area contributed by atoms with Crippen LogP contribution in [0.2, 0.25) is 0 Å². The van der Waals surface area contributed by atoms with Gasteiger partial charge >= 0.3 is 0 Å². The third kappa shape index (κ3) is 1.13. The van der Waals surface area contributed by atoms with Gasteiger partial charge in [-0.25, -0.2) is 0 Å². The predicted octanol–water partition coefficient (Wildman–Crippen LogP) is 3.39. The van der Waals surface area contributed by atoms with Gasteiger partial charge in [0.1, 0.15) is 0 Å². The molecule has 2 aliphatic carbocycles. The van der Waals surface area contributed by atoms with Gasteiger partial charge in [-0.2, -0.15) is 0 Å². The van der Waals surface area contributed by atoms with Crippen molar-refractivity contribution in [3.63, 3.8) is 0 Å². The first-order valence-corrected chi connectivity index (χ1v) is 4.96. The summed E-state index contributed by atoms with van der Waals surface area (Å²) >= 11 is 0. The number of allylic oxidation sites excluding steroid dienone is 1.